The number of hydrogen-bond donors (Lipinski definition) is 2. The molecule has 1 aromatic heterocycles. The molecule has 0 atom stereocenters. The lowest BCUT2D eigenvalue weighted by atomic mass is 10.3. The molecule has 1 aromatic carbocycles. The molecule has 2 aromatic rings. The average molecular weight is 344 g/mol. The predicted octanol–water partition coefficient (Wildman–Crippen LogP) is 3.14. The van der Waals surface area contributed by atoms with Crippen LogP contribution in [0.15, 0.2) is 34.6 Å². The van der Waals surface area contributed by atoms with Crippen LogP contribution in [0.5, 0.6) is 5.75 Å². The largest absolute Gasteiger partial charge is 0.497 e. The Morgan fingerprint density at radius 2 is 2.22 bits per heavy atom. The number of halogens is 3. The van der Waals surface area contributed by atoms with Crippen LogP contribution in [-0.4, -0.2) is 24.6 Å². The zero-order valence-electron chi connectivity index (χ0n) is 12.2. The highest BCUT2D eigenvalue weighted by Gasteiger charge is 2.33. The monoisotopic (exact) mass is 344 g/mol. The van der Waals surface area contributed by atoms with Gasteiger partial charge in [-0.25, -0.2) is 4.98 Å². The molecule has 9 heteroatoms. The lowest BCUT2D eigenvalue weighted by Crippen LogP contribution is -2.23. The molecule has 0 aliphatic rings. The number of ether oxygens (including phenoxy) is 1. The minimum absolute atomic E-state index is 0.172. The van der Waals surface area contributed by atoms with Crippen molar-refractivity contribution in [1.29, 1.82) is 0 Å². The molecule has 0 radical (unpaired) electrons. The maximum atomic E-state index is 12.4. The van der Waals surface area contributed by atoms with E-state index in [0.717, 1.165) is 16.7 Å². The summed E-state index contributed by atoms with van der Waals surface area (Å²) >= 11 is 0.959. The van der Waals surface area contributed by atoms with Gasteiger partial charge in [-0.15, -0.1) is 11.3 Å². The molecule has 1 heterocycles. The van der Waals surface area contributed by atoms with E-state index in [0.29, 0.717) is 22.9 Å². The third-order valence-corrected chi connectivity index (χ3v) is 3.70. The van der Waals surface area contributed by atoms with Gasteiger partial charge in [0.1, 0.15) is 5.75 Å². The number of anilines is 1. The molecule has 0 fully saturated rings. The van der Waals surface area contributed by atoms with Crippen molar-refractivity contribution in [1.82, 2.24) is 4.98 Å². The van der Waals surface area contributed by atoms with Gasteiger partial charge in [-0.1, -0.05) is 6.07 Å². The van der Waals surface area contributed by atoms with Gasteiger partial charge in [0.25, 0.3) is 0 Å². The van der Waals surface area contributed by atoms with Crippen LogP contribution in [0.1, 0.15) is 10.7 Å². The SMILES string of the molecule is COc1cccc(NC(N)=NCCc2nc(C(F)(F)F)cs2)c1. The summed E-state index contributed by atoms with van der Waals surface area (Å²) in [7, 11) is 1.56. The van der Waals surface area contributed by atoms with E-state index in [-0.39, 0.29) is 12.5 Å². The molecular formula is C14H15F3N4OS. The van der Waals surface area contributed by atoms with Gasteiger partial charge >= 0.3 is 6.18 Å². The van der Waals surface area contributed by atoms with Crippen LogP contribution in [0.3, 0.4) is 0 Å². The first kappa shape index (κ1) is 17.1. The Hall–Kier alpha value is -2.29. The van der Waals surface area contributed by atoms with Gasteiger partial charge in [0.15, 0.2) is 11.7 Å². The minimum atomic E-state index is -4.41. The fraction of sp³-hybridized carbons (Fsp3) is 0.286. The molecule has 0 unspecified atom stereocenters. The van der Waals surface area contributed by atoms with E-state index in [4.69, 9.17) is 10.5 Å². The molecule has 0 saturated carbocycles. The van der Waals surface area contributed by atoms with Crippen molar-refractivity contribution in [2.45, 2.75) is 12.6 Å². The van der Waals surface area contributed by atoms with Crippen molar-refractivity contribution in [3.8, 4) is 5.75 Å². The number of benzene rings is 1. The average Bonchev–Trinajstić information content (AvgIpc) is 2.96. The number of guanidine groups is 1. The Bertz CT molecular complexity index is 685. The van der Waals surface area contributed by atoms with Crippen LogP contribution in [0.25, 0.3) is 0 Å². The summed E-state index contributed by atoms with van der Waals surface area (Å²) < 4.78 is 42.4. The van der Waals surface area contributed by atoms with Gasteiger partial charge in [0.05, 0.1) is 12.1 Å². The zero-order valence-corrected chi connectivity index (χ0v) is 13.0. The summed E-state index contributed by atoms with van der Waals surface area (Å²) in [6.07, 6.45) is -4.12. The number of thiazole rings is 1. The molecule has 0 amide bonds. The quantitative estimate of drug-likeness (QED) is 0.646. The molecule has 0 aliphatic carbocycles. The molecule has 0 spiro atoms. The fourth-order valence-corrected chi connectivity index (χ4v) is 2.51. The Morgan fingerprint density at radius 3 is 2.87 bits per heavy atom. The van der Waals surface area contributed by atoms with E-state index in [1.54, 1.807) is 31.4 Å². The number of nitrogens with one attached hydrogen (secondary N) is 1. The molecule has 0 aliphatic heterocycles. The molecule has 2 rings (SSSR count). The number of nitrogens with two attached hydrogens (primary N) is 1. The van der Waals surface area contributed by atoms with Gasteiger partial charge in [-0.05, 0) is 12.1 Å². The number of aliphatic imine (C=N–C) groups is 1. The summed E-state index contributed by atoms with van der Waals surface area (Å²) in [5.74, 6) is 0.844. The Kier molecular flexibility index (Phi) is 5.43. The number of methoxy groups -OCH3 is 1. The van der Waals surface area contributed by atoms with Crippen LogP contribution in [0.4, 0.5) is 18.9 Å². The van der Waals surface area contributed by atoms with Crippen molar-refractivity contribution < 1.29 is 17.9 Å². The van der Waals surface area contributed by atoms with Gasteiger partial charge < -0.3 is 15.8 Å². The lowest BCUT2D eigenvalue weighted by molar-refractivity contribution is -0.140. The highest BCUT2D eigenvalue weighted by Crippen LogP contribution is 2.30. The first-order chi connectivity index (χ1) is 10.9. The zero-order chi connectivity index (χ0) is 16.9. The molecule has 124 valence electrons. The van der Waals surface area contributed by atoms with E-state index in [1.165, 1.54) is 0 Å². The number of hydrogen-bond acceptors (Lipinski definition) is 4. The molecular weight excluding hydrogens is 329 g/mol. The third kappa shape index (κ3) is 5.13. The maximum absolute atomic E-state index is 12.4. The second-order valence-electron chi connectivity index (χ2n) is 4.50. The van der Waals surface area contributed by atoms with Gasteiger partial charge in [0.2, 0.25) is 0 Å². The first-order valence-corrected chi connectivity index (χ1v) is 7.49. The Morgan fingerprint density at radius 1 is 1.43 bits per heavy atom. The molecule has 23 heavy (non-hydrogen) atoms. The third-order valence-electron chi connectivity index (χ3n) is 2.79. The summed E-state index contributed by atoms with van der Waals surface area (Å²) in [6.45, 7) is 0.244. The Labute approximate surface area is 135 Å². The number of alkyl halides is 3. The normalized spacial score (nSPS) is 12.3. The lowest BCUT2D eigenvalue weighted by Gasteiger charge is -2.07. The van der Waals surface area contributed by atoms with Crippen LogP contribution in [0, 0.1) is 0 Å². The molecule has 0 saturated heterocycles. The van der Waals surface area contributed by atoms with Gasteiger partial charge in [0, 0.05) is 30.1 Å². The van der Waals surface area contributed by atoms with Crippen LogP contribution in [-0.2, 0) is 12.6 Å². The number of rotatable bonds is 5. The smallest absolute Gasteiger partial charge is 0.434 e. The first-order valence-electron chi connectivity index (χ1n) is 6.61. The van der Waals surface area contributed by atoms with Gasteiger partial charge in [-0.2, -0.15) is 13.2 Å². The summed E-state index contributed by atoms with van der Waals surface area (Å²) in [5, 5.41) is 4.25. The fourth-order valence-electron chi connectivity index (χ4n) is 1.72. The van der Waals surface area contributed by atoms with Gasteiger partial charge in [-0.3, -0.25) is 4.99 Å². The van der Waals surface area contributed by atoms with Crippen molar-refractivity contribution in [3.05, 3.63) is 40.3 Å². The number of aromatic nitrogens is 1. The molecule has 0 bridgehead atoms. The highest BCUT2D eigenvalue weighted by molar-refractivity contribution is 7.09. The molecule has 3 N–H and O–H groups in total. The Balaban J connectivity index is 1.88. The van der Waals surface area contributed by atoms with Crippen LogP contribution >= 0.6 is 11.3 Å². The maximum Gasteiger partial charge on any atom is 0.434 e. The van der Waals surface area contributed by atoms with Crippen LogP contribution in [0.2, 0.25) is 0 Å². The topological polar surface area (TPSA) is 72.5 Å². The highest BCUT2D eigenvalue weighted by atomic mass is 32.1. The van der Waals surface area contributed by atoms with E-state index in [9.17, 15) is 13.2 Å². The predicted molar refractivity (Wildman–Crippen MR) is 83.9 cm³/mol. The molecule has 5 nitrogen and oxygen atoms in total. The standard InChI is InChI=1S/C14H15F3N4OS/c1-22-10-4-2-3-9(7-10)20-13(18)19-6-5-12-21-11(8-23-12)14(15,16)17/h2-4,7-8H,5-6H2,1H3,(H3,18,19,20). The van der Waals surface area contributed by atoms with Crippen LogP contribution < -0.4 is 15.8 Å². The second kappa shape index (κ2) is 7.32. The van der Waals surface area contributed by atoms with E-state index < -0.39 is 11.9 Å². The number of nitrogens with zero attached hydrogens (tertiary/aromatic N) is 2. The van der Waals surface area contributed by atoms with Crippen molar-refractivity contribution in [2.24, 2.45) is 10.7 Å². The summed E-state index contributed by atoms with van der Waals surface area (Å²) in [4.78, 5) is 7.60. The second-order valence-corrected chi connectivity index (χ2v) is 5.44. The summed E-state index contributed by atoms with van der Waals surface area (Å²) in [6, 6.07) is 7.13. The van der Waals surface area contributed by atoms with E-state index >= 15 is 0 Å². The van der Waals surface area contributed by atoms with E-state index in [2.05, 4.69) is 15.3 Å². The van der Waals surface area contributed by atoms with Crippen molar-refractivity contribution in [3.63, 3.8) is 0 Å². The minimum Gasteiger partial charge on any atom is -0.497 e. The van der Waals surface area contributed by atoms with E-state index in [1.807, 2.05) is 0 Å². The van der Waals surface area contributed by atoms with Crippen molar-refractivity contribution >= 4 is 23.0 Å². The summed E-state index contributed by atoms with van der Waals surface area (Å²) in [5.41, 5.74) is 5.57. The van der Waals surface area contributed by atoms with Crippen molar-refractivity contribution in [2.75, 3.05) is 19.0 Å².